The lowest BCUT2D eigenvalue weighted by Crippen LogP contribution is -2.61. The molecule has 0 saturated heterocycles. The SMILES string of the molecule is C.C.C.C.C.CC1(C)[C@H]2C[C@@H](NC(=O)c3csc4ccccc34)[C@H](C/C=C\CCCC(=O)O)[C@@H]1C2. The molecule has 200 valence electrons. The minimum absolute atomic E-state index is 0. The van der Waals surface area contributed by atoms with Gasteiger partial charge in [-0.15, -0.1) is 11.3 Å². The molecule has 1 heterocycles. The fraction of sp³-hybridized carbons (Fsp3) is 0.600. The molecule has 3 aliphatic rings. The lowest BCUT2D eigenvalue weighted by Gasteiger charge is -2.62. The van der Waals surface area contributed by atoms with Gasteiger partial charge in [-0.3, -0.25) is 9.59 Å². The van der Waals surface area contributed by atoms with Crippen molar-refractivity contribution in [1.82, 2.24) is 5.32 Å². The molecule has 2 aromatic rings. The van der Waals surface area contributed by atoms with Crippen LogP contribution in [0.5, 0.6) is 0 Å². The smallest absolute Gasteiger partial charge is 0.303 e. The molecule has 5 rings (SSSR count). The van der Waals surface area contributed by atoms with Gasteiger partial charge in [0.1, 0.15) is 0 Å². The van der Waals surface area contributed by atoms with Crippen molar-refractivity contribution in [2.24, 2.45) is 23.2 Å². The summed E-state index contributed by atoms with van der Waals surface area (Å²) in [5, 5.41) is 15.2. The minimum atomic E-state index is -0.735. The molecule has 35 heavy (non-hydrogen) atoms. The molecule has 1 aromatic heterocycles. The highest BCUT2D eigenvalue weighted by molar-refractivity contribution is 7.17. The summed E-state index contributed by atoms with van der Waals surface area (Å²) < 4.78 is 1.15. The number of hydrogen-bond donors (Lipinski definition) is 2. The third-order valence-electron chi connectivity index (χ3n) is 7.50. The molecule has 0 unspecified atom stereocenters. The highest BCUT2D eigenvalue weighted by atomic mass is 32.1. The lowest BCUT2D eigenvalue weighted by molar-refractivity contribution is -0.137. The summed E-state index contributed by atoms with van der Waals surface area (Å²) in [6, 6.07) is 8.29. The van der Waals surface area contributed by atoms with Crippen LogP contribution >= 0.6 is 11.3 Å². The summed E-state index contributed by atoms with van der Waals surface area (Å²) in [6.07, 6.45) is 9.29. The van der Waals surface area contributed by atoms with E-state index < -0.39 is 5.97 Å². The Balaban J connectivity index is 0. The fourth-order valence-corrected chi connectivity index (χ4v) is 6.52. The molecule has 2 bridgehead atoms. The maximum Gasteiger partial charge on any atom is 0.303 e. The molecular formula is C30H51NO3S. The van der Waals surface area contributed by atoms with E-state index in [0.29, 0.717) is 29.6 Å². The van der Waals surface area contributed by atoms with Crippen molar-refractivity contribution >= 4 is 33.3 Å². The third-order valence-corrected chi connectivity index (χ3v) is 8.46. The first-order valence-electron chi connectivity index (χ1n) is 11.0. The Morgan fingerprint density at radius 2 is 1.77 bits per heavy atom. The molecule has 3 aliphatic carbocycles. The number of benzene rings is 1. The van der Waals surface area contributed by atoms with E-state index in [0.717, 1.165) is 34.9 Å². The van der Waals surface area contributed by atoms with E-state index in [1.807, 2.05) is 23.6 Å². The molecule has 5 heteroatoms. The number of thiophene rings is 1. The van der Waals surface area contributed by atoms with E-state index in [9.17, 15) is 9.59 Å². The maximum atomic E-state index is 13.1. The Morgan fingerprint density at radius 3 is 2.43 bits per heavy atom. The first-order chi connectivity index (χ1) is 14.4. The molecule has 0 radical (unpaired) electrons. The normalized spacial score (nSPS) is 23.3. The largest absolute Gasteiger partial charge is 0.481 e. The van der Waals surface area contributed by atoms with E-state index in [-0.39, 0.29) is 55.5 Å². The van der Waals surface area contributed by atoms with Crippen LogP contribution in [0.2, 0.25) is 0 Å². The summed E-state index contributed by atoms with van der Waals surface area (Å²) in [6.45, 7) is 4.75. The molecule has 1 amide bonds. The van der Waals surface area contributed by atoms with Crippen LogP contribution in [0.1, 0.15) is 99.9 Å². The second kappa shape index (κ2) is 14.4. The second-order valence-corrected chi connectivity index (χ2v) is 10.4. The van der Waals surface area contributed by atoms with Crippen LogP contribution in [-0.4, -0.2) is 23.0 Å². The highest BCUT2D eigenvalue weighted by Crippen LogP contribution is 2.62. The van der Waals surface area contributed by atoms with Crippen molar-refractivity contribution in [3.8, 4) is 0 Å². The highest BCUT2D eigenvalue weighted by Gasteiger charge is 2.57. The maximum absolute atomic E-state index is 13.1. The average molecular weight is 506 g/mol. The number of unbranched alkanes of at least 4 members (excludes halogenated alkanes) is 1. The Kier molecular flexibility index (Phi) is 14.4. The zero-order valence-electron chi connectivity index (χ0n) is 17.8. The average Bonchev–Trinajstić information content (AvgIpc) is 3.15. The van der Waals surface area contributed by atoms with E-state index >= 15 is 0 Å². The molecule has 1 aromatic carbocycles. The van der Waals surface area contributed by atoms with Gasteiger partial charge in [0.15, 0.2) is 0 Å². The number of rotatable bonds is 8. The minimum Gasteiger partial charge on any atom is -0.481 e. The van der Waals surface area contributed by atoms with Crippen LogP contribution in [-0.2, 0) is 4.79 Å². The number of hydrogen-bond acceptors (Lipinski definition) is 3. The van der Waals surface area contributed by atoms with Gasteiger partial charge in [0, 0.05) is 27.9 Å². The van der Waals surface area contributed by atoms with Crippen LogP contribution in [0.4, 0.5) is 0 Å². The predicted molar refractivity (Wildman–Crippen MR) is 155 cm³/mol. The van der Waals surface area contributed by atoms with Gasteiger partial charge in [-0.1, -0.05) is 81.3 Å². The van der Waals surface area contributed by atoms with Gasteiger partial charge in [-0.25, -0.2) is 0 Å². The number of fused-ring (bicyclic) bond motifs is 3. The van der Waals surface area contributed by atoms with E-state index in [2.05, 4.69) is 37.4 Å². The Bertz CT molecular complexity index is 961. The van der Waals surface area contributed by atoms with Crippen molar-refractivity contribution in [1.29, 1.82) is 0 Å². The number of carbonyl (C=O) groups is 2. The topological polar surface area (TPSA) is 66.4 Å². The number of amides is 1. The Labute approximate surface area is 219 Å². The van der Waals surface area contributed by atoms with Gasteiger partial charge in [0.05, 0.1) is 5.56 Å². The predicted octanol–water partition coefficient (Wildman–Crippen LogP) is 9.06. The molecule has 4 nitrogen and oxygen atoms in total. The number of carboxylic acids is 1. The number of aliphatic carboxylic acids is 1. The van der Waals surface area contributed by atoms with Gasteiger partial charge in [-0.05, 0) is 61.3 Å². The van der Waals surface area contributed by atoms with Gasteiger partial charge < -0.3 is 10.4 Å². The van der Waals surface area contributed by atoms with Gasteiger partial charge in [-0.2, -0.15) is 0 Å². The van der Waals surface area contributed by atoms with Gasteiger partial charge >= 0.3 is 5.97 Å². The molecule has 3 saturated carbocycles. The molecular weight excluding hydrogens is 454 g/mol. The van der Waals surface area contributed by atoms with Crippen molar-refractivity contribution < 1.29 is 14.7 Å². The third kappa shape index (κ3) is 7.19. The van der Waals surface area contributed by atoms with Gasteiger partial charge in [0.2, 0.25) is 0 Å². The van der Waals surface area contributed by atoms with Crippen molar-refractivity contribution in [3.05, 3.63) is 47.4 Å². The first kappa shape index (κ1) is 35.0. The van der Waals surface area contributed by atoms with Crippen LogP contribution in [0.3, 0.4) is 0 Å². The van der Waals surface area contributed by atoms with Crippen LogP contribution in [0.25, 0.3) is 10.1 Å². The zero-order valence-corrected chi connectivity index (χ0v) is 18.6. The molecule has 2 N–H and O–H groups in total. The van der Waals surface area contributed by atoms with Crippen LogP contribution in [0, 0.1) is 23.2 Å². The molecule has 4 atom stereocenters. The summed E-state index contributed by atoms with van der Waals surface area (Å²) >= 11 is 1.62. The number of carbonyl (C=O) groups excluding carboxylic acids is 1. The van der Waals surface area contributed by atoms with Gasteiger partial charge in [0.25, 0.3) is 5.91 Å². The molecule has 0 spiro atoms. The monoisotopic (exact) mass is 505 g/mol. The molecule has 3 fully saturated rings. The van der Waals surface area contributed by atoms with E-state index in [1.165, 1.54) is 6.42 Å². The van der Waals surface area contributed by atoms with Crippen LogP contribution in [0.15, 0.2) is 41.8 Å². The summed E-state index contributed by atoms with van der Waals surface area (Å²) in [5.74, 6) is 1.07. The molecule has 0 aliphatic heterocycles. The standard InChI is InChI=1S/C25H31NO3S.5CH4/c1-25(2)16-13-20(25)18(10-5-3-4-6-12-23(27)28)21(14-16)26-24(29)19-15-30-22-11-8-7-9-17(19)22;;;;;/h3,5,7-9,11,15-16,18,20-21H,4,6,10,12-14H2,1-2H3,(H,26,29)(H,27,28);5*1H4/b5-3-;;;;;/t16-,18-,20+,21-;;;;;/m1...../s1. The van der Waals surface area contributed by atoms with Crippen molar-refractivity contribution in [2.45, 2.75) is 95.5 Å². The number of nitrogens with one attached hydrogen (secondary N) is 1. The summed E-state index contributed by atoms with van der Waals surface area (Å²) in [4.78, 5) is 23.8. The number of carboxylic acid groups (broad SMARTS) is 1. The quantitative estimate of drug-likeness (QED) is 0.278. The van der Waals surface area contributed by atoms with E-state index in [1.54, 1.807) is 11.3 Å². The Morgan fingerprint density at radius 1 is 1.09 bits per heavy atom. The van der Waals surface area contributed by atoms with E-state index in [4.69, 9.17) is 5.11 Å². The van der Waals surface area contributed by atoms with Crippen LogP contribution < -0.4 is 5.32 Å². The number of allylic oxidation sites excluding steroid dienone is 2. The van der Waals surface area contributed by atoms with Crippen molar-refractivity contribution in [3.63, 3.8) is 0 Å². The fourth-order valence-electron chi connectivity index (χ4n) is 5.58. The Hall–Kier alpha value is -2.14. The summed E-state index contributed by atoms with van der Waals surface area (Å²) in [5.41, 5.74) is 1.13. The van der Waals surface area contributed by atoms with Crippen molar-refractivity contribution in [2.75, 3.05) is 0 Å². The zero-order chi connectivity index (χ0) is 21.3. The second-order valence-electron chi connectivity index (χ2n) is 9.48. The summed E-state index contributed by atoms with van der Waals surface area (Å²) in [7, 11) is 0. The first-order valence-corrected chi connectivity index (χ1v) is 11.9. The lowest BCUT2D eigenvalue weighted by atomic mass is 9.44.